The molecule has 0 aromatic heterocycles. The third-order valence-electron chi connectivity index (χ3n) is 11.3. The fourth-order valence-corrected chi connectivity index (χ4v) is 7.38. The molecule has 1 aliphatic heterocycles. The SMILES string of the molecule is CC[C@H](C)[C@@H]([C@@H](CC(=O)N1CCC[C@H]1[C@H](OC)[C@@H](C)C(=O)C[C@@H](Cc1ccccc1)C(=O)O)OC)N(C)C(=O)[C@@H](CC(=O)C(C)(C)NC)C(C)C. The van der Waals surface area contributed by atoms with Crippen LogP contribution in [0.1, 0.15) is 92.6 Å². The second-order valence-corrected chi connectivity index (χ2v) is 15.3. The molecule has 8 atom stereocenters. The molecule has 51 heavy (non-hydrogen) atoms. The van der Waals surface area contributed by atoms with Crippen LogP contribution in [-0.4, -0.2) is 109 Å². The summed E-state index contributed by atoms with van der Waals surface area (Å²) in [5.74, 6) is -3.72. The Labute approximate surface area is 306 Å². The Morgan fingerprint density at radius 1 is 1.00 bits per heavy atom. The molecule has 1 aliphatic rings. The predicted molar refractivity (Wildman–Crippen MR) is 198 cm³/mol. The van der Waals surface area contributed by atoms with Gasteiger partial charge in [-0.2, -0.15) is 0 Å². The Morgan fingerprint density at radius 2 is 1.63 bits per heavy atom. The first-order valence-electron chi connectivity index (χ1n) is 18.6. The van der Waals surface area contributed by atoms with Crippen molar-refractivity contribution in [2.24, 2.45) is 29.6 Å². The molecule has 0 saturated carbocycles. The molecule has 1 fully saturated rings. The topological polar surface area (TPSA) is 143 Å². The van der Waals surface area contributed by atoms with E-state index < -0.39 is 47.5 Å². The molecule has 0 aliphatic carbocycles. The number of likely N-dealkylation sites (N-methyl/N-ethyl adjacent to an activating group) is 2. The number of ketones is 2. The number of aliphatic carboxylic acids is 1. The zero-order chi connectivity index (χ0) is 38.6. The van der Waals surface area contributed by atoms with Crippen LogP contribution in [-0.2, 0) is 39.9 Å². The van der Waals surface area contributed by atoms with Crippen LogP contribution in [0.3, 0.4) is 0 Å². The van der Waals surface area contributed by atoms with E-state index in [0.29, 0.717) is 13.0 Å². The van der Waals surface area contributed by atoms with Crippen molar-refractivity contribution in [2.75, 3.05) is 34.9 Å². The Morgan fingerprint density at radius 3 is 2.14 bits per heavy atom. The Bertz CT molecular complexity index is 1300. The van der Waals surface area contributed by atoms with Gasteiger partial charge in [0.25, 0.3) is 0 Å². The molecule has 1 aromatic rings. The molecule has 0 unspecified atom stereocenters. The van der Waals surface area contributed by atoms with Crippen LogP contribution in [0.15, 0.2) is 30.3 Å². The van der Waals surface area contributed by atoms with Crippen molar-refractivity contribution in [1.82, 2.24) is 15.1 Å². The minimum Gasteiger partial charge on any atom is -0.481 e. The van der Waals surface area contributed by atoms with Gasteiger partial charge in [0.15, 0.2) is 5.78 Å². The fraction of sp³-hybridized carbons (Fsp3) is 0.725. The average molecular weight is 716 g/mol. The molecule has 1 aromatic carbocycles. The van der Waals surface area contributed by atoms with Gasteiger partial charge in [0, 0.05) is 52.5 Å². The maximum atomic E-state index is 14.1. The zero-order valence-corrected chi connectivity index (χ0v) is 32.9. The highest BCUT2D eigenvalue weighted by atomic mass is 16.5. The number of Topliss-reactive ketones (excluding diaryl/α,β-unsaturated/α-hetero) is 2. The van der Waals surface area contributed by atoms with Crippen LogP contribution >= 0.6 is 0 Å². The maximum Gasteiger partial charge on any atom is 0.307 e. The lowest BCUT2D eigenvalue weighted by Crippen LogP contribution is -2.54. The minimum absolute atomic E-state index is 0.00854. The molecule has 2 rings (SSSR count). The number of rotatable bonds is 22. The van der Waals surface area contributed by atoms with Crippen LogP contribution in [0.2, 0.25) is 0 Å². The van der Waals surface area contributed by atoms with Crippen molar-refractivity contribution in [1.29, 1.82) is 0 Å². The van der Waals surface area contributed by atoms with Crippen LogP contribution < -0.4 is 5.32 Å². The second kappa shape index (κ2) is 20.2. The van der Waals surface area contributed by atoms with Crippen molar-refractivity contribution >= 4 is 29.4 Å². The van der Waals surface area contributed by atoms with Gasteiger partial charge in [-0.3, -0.25) is 24.0 Å². The summed E-state index contributed by atoms with van der Waals surface area (Å²) in [6.45, 7) is 13.8. The summed E-state index contributed by atoms with van der Waals surface area (Å²) in [7, 11) is 6.56. The number of amides is 2. The van der Waals surface area contributed by atoms with Crippen LogP contribution in [0.25, 0.3) is 0 Å². The van der Waals surface area contributed by atoms with Gasteiger partial charge < -0.3 is 29.7 Å². The summed E-state index contributed by atoms with van der Waals surface area (Å²) in [6.07, 6.45) is 1.13. The molecule has 2 amide bonds. The van der Waals surface area contributed by atoms with Crippen molar-refractivity contribution in [3.63, 3.8) is 0 Å². The van der Waals surface area contributed by atoms with E-state index in [1.165, 1.54) is 7.11 Å². The Hall–Kier alpha value is -3.15. The maximum absolute atomic E-state index is 14.1. The molecule has 1 heterocycles. The van der Waals surface area contributed by atoms with Gasteiger partial charge in [-0.1, -0.05) is 71.4 Å². The third kappa shape index (κ3) is 11.7. The number of carbonyl (C=O) groups excluding carboxylic acids is 4. The van der Waals surface area contributed by atoms with E-state index in [1.54, 1.807) is 37.9 Å². The van der Waals surface area contributed by atoms with Gasteiger partial charge >= 0.3 is 5.97 Å². The predicted octanol–water partition coefficient (Wildman–Crippen LogP) is 5.04. The number of carboxylic acids is 1. The average Bonchev–Trinajstić information content (AvgIpc) is 3.59. The summed E-state index contributed by atoms with van der Waals surface area (Å²) < 4.78 is 11.9. The largest absolute Gasteiger partial charge is 0.481 e. The van der Waals surface area contributed by atoms with E-state index in [4.69, 9.17) is 9.47 Å². The molecular weight excluding hydrogens is 650 g/mol. The number of likely N-dealkylation sites (tertiary alicyclic amines) is 1. The van der Waals surface area contributed by atoms with Crippen molar-refractivity contribution in [3.8, 4) is 0 Å². The summed E-state index contributed by atoms with van der Waals surface area (Å²) >= 11 is 0. The Kier molecular flexibility index (Phi) is 17.4. The minimum atomic E-state index is -1.02. The highest BCUT2D eigenvalue weighted by Gasteiger charge is 2.43. The van der Waals surface area contributed by atoms with E-state index in [1.807, 2.05) is 71.9 Å². The number of carboxylic acid groups (broad SMARTS) is 1. The summed E-state index contributed by atoms with van der Waals surface area (Å²) in [4.78, 5) is 70.5. The molecule has 0 bridgehead atoms. The van der Waals surface area contributed by atoms with E-state index in [2.05, 4.69) is 5.32 Å². The third-order valence-corrected chi connectivity index (χ3v) is 11.3. The first-order chi connectivity index (χ1) is 23.9. The molecule has 0 spiro atoms. The number of ether oxygens (including phenoxy) is 2. The lowest BCUT2D eigenvalue weighted by Gasteiger charge is -2.41. The van der Waals surface area contributed by atoms with Gasteiger partial charge in [-0.15, -0.1) is 0 Å². The van der Waals surface area contributed by atoms with Gasteiger partial charge in [-0.25, -0.2) is 0 Å². The standard InChI is InChI=1S/C40H65N3O8/c1-12-26(4)36(42(9)38(47)30(25(2)3)23-34(45)40(6,7)41-8)33(50-10)24-35(46)43-20-16-19-31(43)37(51-11)27(5)32(44)22-29(39(48)49)21-28-17-14-13-15-18-28/h13-15,17-18,25-27,29-31,33,36-37,41H,12,16,19-24H2,1-11H3,(H,48,49)/t26-,27-,29+,30-,31-,33+,36-,37+/m0/s1. The number of nitrogens with zero attached hydrogens (tertiary/aromatic N) is 2. The van der Waals surface area contributed by atoms with Crippen LogP contribution in [0.5, 0.6) is 0 Å². The van der Waals surface area contributed by atoms with Gasteiger partial charge in [0.2, 0.25) is 11.8 Å². The van der Waals surface area contributed by atoms with Gasteiger partial charge in [0.05, 0.1) is 42.2 Å². The highest BCUT2D eigenvalue weighted by Crippen LogP contribution is 2.31. The molecule has 11 heteroatoms. The number of benzene rings is 1. The number of hydrogen-bond acceptors (Lipinski definition) is 8. The number of methoxy groups -OCH3 is 2. The lowest BCUT2D eigenvalue weighted by atomic mass is 9.83. The smallest absolute Gasteiger partial charge is 0.307 e. The summed E-state index contributed by atoms with van der Waals surface area (Å²) in [5, 5.41) is 13.0. The van der Waals surface area contributed by atoms with E-state index in [0.717, 1.165) is 18.4 Å². The normalized spacial score (nSPS) is 19.1. The highest BCUT2D eigenvalue weighted by molar-refractivity contribution is 5.92. The van der Waals surface area contributed by atoms with Crippen molar-refractivity contribution in [3.05, 3.63) is 35.9 Å². The second-order valence-electron chi connectivity index (χ2n) is 15.3. The molecule has 1 saturated heterocycles. The van der Waals surface area contributed by atoms with E-state index >= 15 is 0 Å². The van der Waals surface area contributed by atoms with Crippen LogP contribution in [0.4, 0.5) is 0 Å². The first-order valence-corrected chi connectivity index (χ1v) is 18.6. The fourth-order valence-electron chi connectivity index (χ4n) is 7.38. The summed E-state index contributed by atoms with van der Waals surface area (Å²) in [6, 6.07) is 8.46. The number of nitrogens with one attached hydrogen (secondary N) is 1. The zero-order valence-electron chi connectivity index (χ0n) is 32.9. The first kappa shape index (κ1) is 44.0. The van der Waals surface area contributed by atoms with E-state index in [-0.39, 0.29) is 66.9 Å². The quantitative estimate of drug-likeness (QED) is 0.169. The molecular formula is C40H65N3O8. The molecule has 288 valence electrons. The monoisotopic (exact) mass is 715 g/mol. The molecule has 11 nitrogen and oxygen atoms in total. The van der Waals surface area contributed by atoms with Crippen molar-refractivity contribution < 1.29 is 38.6 Å². The summed E-state index contributed by atoms with van der Waals surface area (Å²) in [5.41, 5.74) is 0.0842. The molecule has 0 radical (unpaired) electrons. The Balaban J connectivity index is 2.26. The van der Waals surface area contributed by atoms with Gasteiger partial charge in [0.1, 0.15) is 5.78 Å². The number of carbonyl (C=O) groups is 5. The lowest BCUT2D eigenvalue weighted by molar-refractivity contribution is -0.149. The molecule has 2 N–H and O–H groups in total. The van der Waals surface area contributed by atoms with Gasteiger partial charge in [-0.05, 0) is 57.6 Å². The van der Waals surface area contributed by atoms with Crippen LogP contribution in [0, 0.1) is 29.6 Å². The van der Waals surface area contributed by atoms with E-state index in [9.17, 15) is 29.1 Å². The number of hydrogen-bond donors (Lipinski definition) is 2. The van der Waals surface area contributed by atoms with Crippen molar-refractivity contribution in [2.45, 2.75) is 123 Å².